The summed E-state index contributed by atoms with van der Waals surface area (Å²) in [5, 5.41) is 3.61. The summed E-state index contributed by atoms with van der Waals surface area (Å²) in [5.41, 5.74) is 0.312. The molecule has 1 unspecified atom stereocenters. The van der Waals surface area contributed by atoms with E-state index in [1.165, 1.54) is 19.4 Å². The standard InChI is InChI=1S/C15H32N2O/c1-13(2)9-17(5)11-15(10-16-14(3)4)7-6-8-18-12-15/h13-14,16H,6-12H2,1-5H3. The van der Waals surface area contributed by atoms with Crippen LogP contribution in [0.3, 0.4) is 0 Å². The van der Waals surface area contributed by atoms with Gasteiger partial charge in [0.15, 0.2) is 0 Å². The summed E-state index contributed by atoms with van der Waals surface area (Å²) < 4.78 is 5.76. The van der Waals surface area contributed by atoms with Crippen LogP contribution in [0.25, 0.3) is 0 Å². The highest BCUT2D eigenvalue weighted by Crippen LogP contribution is 2.29. The lowest BCUT2D eigenvalue weighted by atomic mass is 9.81. The molecule has 0 saturated carbocycles. The topological polar surface area (TPSA) is 24.5 Å². The monoisotopic (exact) mass is 256 g/mol. The van der Waals surface area contributed by atoms with E-state index in [9.17, 15) is 0 Å². The second kappa shape index (κ2) is 7.46. The number of rotatable bonds is 7. The zero-order chi connectivity index (χ0) is 13.6. The van der Waals surface area contributed by atoms with E-state index in [-0.39, 0.29) is 0 Å². The van der Waals surface area contributed by atoms with Crippen LogP contribution < -0.4 is 5.32 Å². The van der Waals surface area contributed by atoms with E-state index in [1.54, 1.807) is 0 Å². The Morgan fingerprint density at radius 3 is 2.50 bits per heavy atom. The summed E-state index contributed by atoms with van der Waals surface area (Å²) >= 11 is 0. The van der Waals surface area contributed by atoms with Gasteiger partial charge in [0.25, 0.3) is 0 Å². The molecule has 1 N–H and O–H groups in total. The molecular weight excluding hydrogens is 224 g/mol. The van der Waals surface area contributed by atoms with E-state index in [4.69, 9.17) is 4.74 Å². The summed E-state index contributed by atoms with van der Waals surface area (Å²) in [4.78, 5) is 2.47. The summed E-state index contributed by atoms with van der Waals surface area (Å²) in [6, 6.07) is 0.555. The Bertz CT molecular complexity index is 223. The molecule has 1 saturated heterocycles. The van der Waals surface area contributed by atoms with Crippen molar-refractivity contribution in [3.05, 3.63) is 0 Å². The molecule has 0 bridgehead atoms. The van der Waals surface area contributed by atoms with Crippen LogP contribution in [0.2, 0.25) is 0 Å². The highest BCUT2D eigenvalue weighted by molar-refractivity contribution is 4.87. The first kappa shape index (κ1) is 15.9. The smallest absolute Gasteiger partial charge is 0.0546 e. The zero-order valence-corrected chi connectivity index (χ0v) is 13.0. The average molecular weight is 256 g/mol. The van der Waals surface area contributed by atoms with Gasteiger partial charge in [-0.05, 0) is 25.8 Å². The van der Waals surface area contributed by atoms with Crippen LogP contribution in [-0.4, -0.2) is 50.8 Å². The Hall–Kier alpha value is -0.120. The molecule has 1 heterocycles. The molecule has 1 fully saturated rings. The number of nitrogens with zero attached hydrogens (tertiary/aromatic N) is 1. The molecule has 18 heavy (non-hydrogen) atoms. The van der Waals surface area contributed by atoms with Crippen LogP contribution >= 0.6 is 0 Å². The number of hydrogen-bond donors (Lipinski definition) is 1. The number of hydrogen-bond acceptors (Lipinski definition) is 3. The SMILES string of the molecule is CC(C)CN(C)CC1(CNC(C)C)CCCOC1. The Kier molecular flexibility index (Phi) is 6.61. The lowest BCUT2D eigenvalue weighted by Gasteiger charge is -2.41. The van der Waals surface area contributed by atoms with Gasteiger partial charge in [-0.3, -0.25) is 0 Å². The highest BCUT2D eigenvalue weighted by Gasteiger charge is 2.34. The molecule has 108 valence electrons. The fraction of sp³-hybridized carbons (Fsp3) is 1.00. The largest absolute Gasteiger partial charge is 0.381 e. The first-order chi connectivity index (χ1) is 8.43. The predicted molar refractivity (Wildman–Crippen MR) is 78.0 cm³/mol. The molecule has 3 nitrogen and oxygen atoms in total. The van der Waals surface area contributed by atoms with E-state index >= 15 is 0 Å². The van der Waals surface area contributed by atoms with Crippen molar-refractivity contribution in [2.24, 2.45) is 11.3 Å². The van der Waals surface area contributed by atoms with Crippen molar-refractivity contribution < 1.29 is 4.74 Å². The van der Waals surface area contributed by atoms with Crippen molar-refractivity contribution in [1.29, 1.82) is 0 Å². The molecule has 1 aliphatic heterocycles. The third kappa shape index (κ3) is 5.68. The Labute approximate surface area is 113 Å². The van der Waals surface area contributed by atoms with Gasteiger partial charge in [0, 0.05) is 37.7 Å². The molecule has 0 aromatic carbocycles. The van der Waals surface area contributed by atoms with Crippen molar-refractivity contribution in [3.63, 3.8) is 0 Å². The second-order valence-electron chi connectivity index (χ2n) is 6.78. The van der Waals surface area contributed by atoms with E-state index < -0.39 is 0 Å². The number of nitrogens with one attached hydrogen (secondary N) is 1. The third-order valence-corrected chi connectivity index (χ3v) is 3.57. The minimum atomic E-state index is 0.312. The molecule has 0 spiro atoms. The van der Waals surface area contributed by atoms with Gasteiger partial charge < -0.3 is 15.0 Å². The maximum Gasteiger partial charge on any atom is 0.0546 e. The molecule has 0 aromatic rings. The van der Waals surface area contributed by atoms with Gasteiger partial charge in [-0.1, -0.05) is 27.7 Å². The molecule has 3 heteroatoms. The lowest BCUT2D eigenvalue weighted by molar-refractivity contribution is -0.0246. The van der Waals surface area contributed by atoms with Gasteiger partial charge >= 0.3 is 0 Å². The molecule has 0 amide bonds. The van der Waals surface area contributed by atoms with Crippen LogP contribution in [0.4, 0.5) is 0 Å². The fourth-order valence-corrected chi connectivity index (χ4v) is 2.91. The molecular formula is C15H32N2O. The van der Waals surface area contributed by atoms with Crippen LogP contribution in [0.5, 0.6) is 0 Å². The Morgan fingerprint density at radius 2 is 2.00 bits per heavy atom. The molecule has 0 aromatic heterocycles. The number of ether oxygens (including phenoxy) is 1. The van der Waals surface area contributed by atoms with Crippen molar-refractivity contribution in [3.8, 4) is 0 Å². The van der Waals surface area contributed by atoms with Gasteiger partial charge in [-0.2, -0.15) is 0 Å². The second-order valence-corrected chi connectivity index (χ2v) is 6.78. The Morgan fingerprint density at radius 1 is 1.28 bits per heavy atom. The maximum atomic E-state index is 5.76. The van der Waals surface area contributed by atoms with Gasteiger partial charge in [0.1, 0.15) is 0 Å². The van der Waals surface area contributed by atoms with E-state index in [2.05, 4.69) is 45.0 Å². The minimum Gasteiger partial charge on any atom is -0.381 e. The third-order valence-electron chi connectivity index (χ3n) is 3.57. The predicted octanol–water partition coefficient (Wildman–Crippen LogP) is 2.37. The molecule has 0 radical (unpaired) electrons. The first-order valence-corrected chi connectivity index (χ1v) is 7.43. The van der Waals surface area contributed by atoms with Crippen LogP contribution in [0, 0.1) is 11.3 Å². The maximum absolute atomic E-state index is 5.76. The molecule has 1 rings (SSSR count). The van der Waals surface area contributed by atoms with Crippen molar-refractivity contribution >= 4 is 0 Å². The lowest BCUT2D eigenvalue weighted by Crippen LogP contribution is -2.49. The van der Waals surface area contributed by atoms with Crippen molar-refractivity contribution in [2.45, 2.75) is 46.6 Å². The van der Waals surface area contributed by atoms with Gasteiger partial charge in [-0.25, -0.2) is 0 Å². The van der Waals surface area contributed by atoms with Crippen LogP contribution in [-0.2, 0) is 4.74 Å². The molecule has 1 atom stereocenters. The molecule has 1 aliphatic rings. The quantitative estimate of drug-likeness (QED) is 0.757. The summed E-state index contributed by atoms with van der Waals surface area (Å²) in [7, 11) is 2.24. The van der Waals surface area contributed by atoms with Gasteiger partial charge in [0.05, 0.1) is 6.61 Å². The van der Waals surface area contributed by atoms with E-state index in [0.717, 1.165) is 32.2 Å². The van der Waals surface area contributed by atoms with E-state index in [1.807, 2.05) is 0 Å². The van der Waals surface area contributed by atoms with Crippen LogP contribution in [0.1, 0.15) is 40.5 Å². The van der Waals surface area contributed by atoms with Crippen molar-refractivity contribution in [2.75, 3.05) is 39.9 Å². The normalized spacial score (nSPS) is 25.3. The zero-order valence-electron chi connectivity index (χ0n) is 13.0. The van der Waals surface area contributed by atoms with Crippen molar-refractivity contribution in [1.82, 2.24) is 10.2 Å². The summed E-state index contributed by atoms with van der Waals surface area (Å²) in [5.74, 6) is 0.731. The highest BCUT2D eigenvalue weighted by atomic mass is 16.5. The Balaban J connectivity index is 2.53. The first-order valence-electron chi connectivity index (χ1n) is 7.43. The van der Waals surface area contributed by atoms with Gasteiger partial charge in [0.2, 0.25) is 0 Å². The molecule has 0 aliphatic carbocycles. The van der Waals surface area contributed by atoms with E-state index in [0.29, 0.717) is 11.5 Å². The summed E-state index contributed by atoms with van der Waals surface area (Å²) in [6.45, 7) is 14.2. The minimum absolute atomic E-state index is 0.312. The fourth-order valence-electron chi connectivity index (χ4n) is 2.91. The van der Waals surface area contributed by atoms with Gasteiger partial charge in [-0.15, -0.1) is 0 Å². The van der Waals surface area contributed by atoms with Crippen LogP contribution in [0.15, 0.2) is 0 Å². The average Bonchev–Trinajstić information content (AvgIpc) is 2.26. The summed E-state index contributed by atoms with van der Waals surface area (Å²) in [6.07, 6.45) is 2.49.